The molecule has 0 saturated heterocycles. The molecule has 1 N–H and O–H groups in total. The summed E-state index contributed by atoms with van der Waals surface area (Å²) in [5.74, 6) is -0.975. The Morgan fingerprint density at radius 2 is 1.72 bits per heavy atom. The van der Waals surface area contributed by atoms with Crippen molar-refractivity contribution in [1.82, 2.24) is 9.78 Å². The van der Waals surface area contributed by atoms with Gasteiger partial charge in [0.25, 0.3) is 5.91 Å². The fourth-order valence-corrected chi connectivity index (χ4v) is 2.45. The highest BCUT2D eigenvalue weighted by atomic mass is 35.5. The van der Waals surface area contributed by atoms with Crippen molar-refractivity contribution in [3.05, 3.63) is 70.9 Å². The molecule has 0 radical (unpaired) electrons. The minimum atomic E-state index is -1.17. The number of halogens is 1. The predicted molar refractivity (Wildman–Crippen MR) is 92.4 cm³/mol. The van der Waals surface area contributed by atoms with Gasteiger partial charge in [0.2, 0.25) is 0 Å². The second-order valence-corrected chi connectivity index (χ2v) is 5.62. The lowest BCUT2D eigenvalue weighted by Gasteiger charge is -2.02. The molecule has 0 unspecified atom stereocenters. The average Bonchev–Trinajstić information content (AvgIpc) is 3.07. The molecule has 7 heteroatoms. The zero-order valence-electron chi connectivity index (χ0n) is 13.1. The molecule has 0 atom stereocenters. The maximum absolute atomic E-state index is 12.5. The van der Waals surface area contributed by atoms with Crippen molar-refractivity contribution in [2.24, 2.45) is 0 Å². The average molecular weight is 357 g/mol. The first kappa shape index (κ1) is 16.7. The molecule has 1 aromatic heterocycles. The molecule has 0 saturated carbocycles. The number of nitrogens with zero attached hydrogens (tertiary/aromatic N) is 2. The molecule has 0 bridgehead atoms. The highest BCUT2D eigenvalue weighted by Crippen LogP contribution is 2.25. The molecule has 3 rings (SSSR count). The van der Waals surface area contributed by atoms with Crippen molar-refractivity contribution in [2.75, 3.05) is 7.11 Å². The Bertz CT molecular complexity index is 931. The van der Waals surface area contributed by atoms with E-state index in [9.17, 15) is 14.7 Å². The van der Waals surface area contributed by atoms with Crippen LogP contribution >= 0.6 is 11.6 Å². The molecule has 3 aromatic rings. The van der Waals surface area contributed by atoms with E-state index in [0.717, 1.165) is 4.68 Å². The molecule has 1 heterocycles. The molecule has 0 spiro atoms. The second kappa shape index (κ2) is 6.78. The maximum Gasteiger partial charge on any atom is 0.339 e. The number of methoxy groups -OCH3 is 1. The highest BCUT2D eigenvalue weighted by Gasteiger charge is 2.20. The number of hydrogen-bond acceptors (Lipinski definition) is 4. The number of aromatic carboxylic acids is 1. The van der Waals surface area contributed by atoms with Crippen LogP contribution in [0.15, 0.2) is 54.7 Å². The van der Waals surface area contributed by atoms with E-state index < -0.39 is 11.9 Å². The largest absolute Gasteiger partial charge is 0.497 e. The van der Waals surface area contributed by atoms with Gasteiger partial charge in [0.1, 0.15) is 17.0 Å². The summed E-state index contributed by atoms with van der Waals surface area (Å²) in [5.41, 5.74) is 1.07. The molecule has 126 valence electrons. The molecule has 0 aliphatic rings. The van der Waals surface area contributed by atoms with Crippen molar-refractivity contribution in [3.8, 4) is 17.0 Å². The summed E-state index contributed by atoms with van der Waals surface area (Å²) < 4.78 is 6.11. The summed E-state index contributed by atoms with van der Waals surface area (Å²) in [6.07, 6.45) is 1.21. The number of ether oxygens (including phenoxy) is 1. The number of carbonyl (C=O) groups is 2. The minimum absolute atomic E-state index is 0.0625. The second-order valence-electron chi connectivity index (χ2n) is 5.18. The van der Waals surface area contributed by atoms with Gasteiger partial charge in [-0.2, -0.15) is 5.10 Å². The van der Waals surface area contributed by atoms with Crippen molar-refractivity contribution in [2.45, 2.75) is 0 Å². The van der Waals surface area contributed by atoms with E-state index in [1.165, 1.54) is 13.3 Å². The third-order valence-corrected chi connectivity index (χ3v) is 3.86. The number of rotatable bonds is 4. The standard InChI is InChI=1S/C18H13ClN2O4/c1-25-14-8-4-11(5-9-14)16-15(18(23)24)10-21(20-16)17(22)12-2-6-13(19)7-3-12/h2-10H,1H3,(H,23,24). The van der Waals surface area contributed by atoms with Crippen molar-refractivity contribution in [1.29, 1.82) is 0 Å². The first-order chi connectivity index (χ1) is 12.0. The van der Waals surface area contributed by atoms with E-state index in [1.54, 1.807) is 48.5 Å². The fraction of sp³-hybridized carbons (Fsp3) is 0.0556. The van der Waals surface area contributed by atoms with Gasteiger partial charge in [-0.05, 0) is 48.5 Å². The normalized spacial score (nSPS) is 10.5. The van der Waals surface area contributed by atoms with Crippen LogP contribution < -0.4 is 4.74 Å². The first-order valence-electron chi connectivity index (χ1n) is 7.27. The van der Waals surface area contributed by atoms with Crippen molar-refractivity contribution in [3.63, 3.8) is 0 Å². The van der Waals surface area contributed by atoms with Gasteiger partial charge >= 0.3 is 5.97 Å². The molecule has 2 aromatic carbocycles. The van der Waals surface area contributed by atoms with Crippen LogP contribution in [0.2, 0.25) is 5.02 Å². The van der Waals surface area contributed by atoms with E-state index in [-0.39, 0.29) is 11.3 Å². The summed E-state index contributed by atoms with van der Waals surface area (Å²) in [7, 11) is 1.54. The van der Waals surface area contributed by atoms with Crippen LogP contribution in [-0.2, 0) is 0 Å². The Balaban J connectivity index is 2.03. The summed E-state index contributed by atoms with van der Waals surface area (Å²) in [4.78, 5) is 24.1. The molecule has 0 aliphatic heterocycles. The Kier molecular flexibility index (Phi) is 4.54. The smallest absolute Gasteiger partial charge is 0.339 e. The first-order valence-corrected chi connectivity index (χ1v) is 7.65. The Labute approximate surface area is 148 Å². The molecular weight excluding hydrogens is 344 g/mol. The highest BCUT2D eigenvalue weighted by molar-refractivity contribution is 6.30. The number of benzene rings is 2. The van der Waals surface area contributed by atoms with Crippen molar-refractivity contribution < 1.29 is 19.4 Å². The minimum Gasteiger partial charge on any atom is -0.497 e. The predicted octanol–water partition coefficient (Wildman–Crippen LogP) is 3.60. The third-order valence-electron chi connectivity index (χ3n) is 3.61. The van der Waals surface area contributed by atoms with E-state index >= 15 is 0 Å². The summed E-state index contributed by atoms with van der Waals surface area (Å²) in [6.45, 7) is 0. The van der Waals surface area contributed by atoms with E-state index in [0.29, 0.717) is 21.9 Å². The SMILES string of the molecule is COc1ccc(-c2nn(C(=O)c3ccc(Cl)cc3)cc2C(=O)O)cc1. The van der Waals surface area contributed by atoms with Gasteiger partial charge < -0.3 is 9.84 Å². The van der Waals surface area contributed by atoms with Gasteiger partial charge in [0.15, 0.2) is 0 Å². The number of carbonyl (C=O) groups excluding carboxylic acids is 1. The van der Waals surface area contributed by atoms with Gasteiger partial charge in [-0.3, -0.25) is 4.79 Å². The van der Waals surface area contributed by atoms with Crippen LogP contribution in [0, 0.1) is 0 Å². The summed E-state index contributed by atoms with van der Waals surface area (Å²) >= 11 is 5.82. The maximum atomic E-state index is 12.5. The fourth-order valence-electron chi connectivity index (χ4n) is 2.32. The Hall–Kier alpha value is -3.12. The van der Waals surface area contributed by atoms with Crippen LogP contribution in [0.4, 0.5) is 0 Å². The topological polar surface area (TPSA) is 81.4 Å². The number of aromatic nitrogens is 2. The zero-order valence-corrected chi connectivity index (χ0v) is 13.9. The van der Waals surface area contributed by atoms with Gasteiger partial charge in [-0.15, -0.1) is 0 Å². The van der Waals surface area contributed by atoms with Gasteiger partial charge in [0.05, 0.1) is 7.11 Å². The van der Waals surface area contributed by atoms with E-state index in [4.69, 9.17) is 16.3 Å². The summed E-state index contributed by atoms with van der Waals surface area (Å²) in [5, 5.41) is 14.1. The van der Waals surface area contributed by atoms with Crippen LogP contribution in [0.25, 0.3) is 11.3 Å². The Morgan fingerprint density at radius 3 is 2.28 bits per heavy atom. The van der Waals surface area contributed by atoms with Crippen LogP contribution in [0.1, 0.15) is 20.7 Å². The number of carboxylic acid groups (broad SMARTS) is 1. The van der Waals surface area contributed by atoms with E-state index in [1.807, 2.05) is 0 Å². The molecule has 0 fully saturated rings. The Morgan fingerprint density at radius 1 is 1.08 bits per heavy atom. The lowest BCUT2D eigenvalue weighted by atomic mass is 10.1. The summed E-state index contributed by atoms with van der Waals surface area (Å²) in [6, 6.07) is 13.0. The van der Waals surface area contributed by atoms with Crippen LogP contribution in [0.5, 0.6) is 5.75 Å². The van der Waals surface area contributed by atoms with Crippen molar-refractivity contribution >= 4 is 23.5 Å². The van der Waals surface area contributed by atoms with Gasteiger partial charge in [-0.1, -0.05) is 11.6 Å². The van der Waals surface area contributed by atoms with Crippen LogP contribution in [0.3, 0.4) is 0 Å². The van der Waals surface area contributed by atoms with Gasteiger partial charge in [-0.25, -0.2) is 9.48 Å². The molecule has 0 amide bonds. The van der Waals surface area contributed by atoms with Crippen LogP contribution in [-0.4, -0.2) is 33.9 Å². The van der Waals surface area contributed by atoms with Gasteiger partial charge in [0, 0.05) is 22.3 Å². The van der Waals surface area contributed by atoms with E-state index in [2.05, 4.69) is 5.10 Å². The third kappa shape index (κ3) is 3.39. The molecule has 25 heavy (non-hydrogen) atoms. The quantitative estimate of drug-likeness (QED) is 0.772. The number of hydrogen-bond donors (Lipinski definition) is 1. The number of carboxylic acids is 1. The monoisotopic (exact) mass is 356 g/mol. The lowest BCUT2D eigenvalue weighted by molar-refractivity contribution is 0.0697. The molecular formula is C18H13ClN2O4. The molecule has 0 aliphatic carbocycles. The zero-order chi connectivity index (χ0) is 18.0. The molecule has 6 nitrogen and oxygen atoms in total. The lowest BCUT2D eigenvalue weighted by Crippen LogP contribution is -2.12.